The molecule has 2 aromatic carbocycles. The van der Waals surface area contributed by atoms with E-state index in [9.17, 15) is 4.79 Å². The number of carbonyl (C=O) groups excluding carboxylic acids is 1. The fourth-order valence-corrected chi connectivity index (χ4v) is 4.40. The second kappa shape index (κ2) is 7.51. The molecule has 1 saturated heterocycles. The van der Waals surface area contributed by atoms with E-state index in [4.69, 9.17) is 4.74 Å². The Morgan fingerprint density at radius 3 is 2.85 bits per heavy atom. The zero-order valence-corrected chi connectivity index (χ0v) is 16.0. The number of fused-ring (bicyclic) bond motifs is 3. The fraction of sp³-hybridized carbons (Fsp3) is 0.409. The molecule has 0 unspecified atom stereocenters. The molecule has 1 fully saturated rings. The molecule has 2 heterocycles. The highest BCUT2D eigenvalue weighted by Crippen LogP contribution is 2.37. The summed E-state index contributed by atoms with van der Waals surface area (Å²) in [7, 11) is 1.69. The Morgan fingerprint density at radius 2 is 2.04 bits per heavy atom. The lowest BCUT2D eigenvalue weighted by molar-refractivity contribution is -0.125. The highest BCUT2D eigenvalue weighted by molar-refractivity contribution is 5.82. The minimum atomic E-state index is -0.0340. The van der Waals surface area contributed by atoms with Gasteiger partial charge in [0.2, 0.25) is 5.91 Å². The number of nitrogens with one attached hydrogen (secondary N) is 1. The first-order valence-electron chi connectivity index (χ1n) is 9.72. The number of nitrogens with zero attached hydrogens (tertiary/aromatic N) is 2. The number of methoxy groups -OCH3 is 1. The maximum atomic E-state index is 12.8. The van der Waals surface area contributed by atoms with E-state index in [1.165, 1.54) is 11.3 Å². The van der Waals surface area contributed by atoms with Gasteiger partial charge in [-0.25, -0.2) is 0 Å². The summed E-state index contributed by atoms with van der Waals surface area (Å²) in [4.78, 5) is 17.6. The molecule has 2 aromatic rings. The van der Waals surface area contributed by atoms with Gasteiger partial charge in [0.15, 0.2) is 0 Å². The minimum Gasteiger partial charge on any atom is -0.497 e. The van der Waals surface area contributed by atoms with E-state index in [2.05, 4.69) is 51.5 Å². The maximum Gasteiger partial charge on any atom is 0.225 e. The highest BCUT2D eigenvalue weighted by Gasteiger charge is 2.41. The van der Waals surface area contributed by atoms with Gasteiger partial charge in [-0.15, -0.1) is 0 Å². The molecule has 0 aliphatic carbocycles. The SMILES string of the molecule is CCNC(=O)[C@@H]1Cc2ccccc2N2CCN(c3cccc(OC)c3)C[C@@H]12. The quantitative estimate of drug-likeness (QED) is 0.905. The Kier molecular flexibility index (Phi) is 4.92. The number of benzene rings is 2. The van der Waals surface area contributed by atoms with E-state index in [0.29, 0.717) is 6.54 Å². The van der Waals surface area contributed by atoms with Crippen molar-refractivity contribution < 1.29 is 9.53 Å². The molecular formula is C22H27N3O2. The molecule has 1 N–H and O–H groups in total. The number of para-hydroxylation sites is 1. The van der Waals surface area contributed by atoms with Gasteiger partial charge in [0.25, 0.3) is 0 Å². The predicted octanol–water partition coefficient (Wildman–Crippen LogP) is 2.70. The molecule has 27 heavy (non-hydrogen) atoms. The van der Waals surface area contributed by atoms with Crippen molar-refractivity contribution in [3.05, 3.63) is 54.1 Å². The summed E-state index contributed by atoms with van der Waals surface area (Å²) in [5.74, 6) is 0.993. The number of hydrogen-bond acceptors (Lipinski definition) is 4. The molecule has 5 nitrogen and oxygen atoms in total. The van der Waals surface area contributed by atoms with E-state index in [-0.39, 0.29) is 17.9 Å². The van der Waals surface area contributed by atoms with Crippen LogP contribution < -0.4 is 19.9 Å². The van der Waals surface area contributed by atoms with E-state index in [1.54, 1.807) is 7.11 Å². The van der Waals surface area contributed by atoms with Crippen molar-refractivity contribution in [3.63, 3.8) is 0 Å². The third kappa shape index (κ3) is 3.34. The molecule has 0 saturated carbocycles. The van der Waals surface area contributed by atoms with Crippen LogP contribution in [0.1, 0.15) is 12.5 Å². The summed E-state index contributed by atoms with van der Waals surface area (Å²) >= 11 is 0. The Morgan fingerprint density at radius 1 is 1.19 bits per heavy atom. The Bertz CT molecular complexity index is 823. The van der Waals surface area contributed by atoms with Crippen LogP contribution in [-0.4, -0.2) is 45.2 Å². The average Bonchev–Trinajstić information content (AvgIpc) is 2.73. The maximum absolute atomic E-state index is 12.8. The molecule has 2 atom stereocenters. The van der Waals surface area contributed by atoms with E-state index in [0.717, 1.165) is 37.5 Å². The zero-order chi connectivity index (χ0) is 18.8. The first-order valence-corrected chi connectivity index (χ1v) is 9.72. The highest BCUT2D eigenvalue weighted by atomic mass is 16.5. The van der Waals surface area contributed by atoms with Gasteiger partial charge in [-0.3, -0.25) is 4.79 Å². The van der Waals surface area contributed by atoms with Crippen LogP contribution in [0, 0.1) is 5.92 Å². The van der Waals surface area contributed by atoms with Crippen LogP contribution in [0.4, 0.5) is 11.4 Å². The van der Waals surface area contributed by atoms with Crippen LogP contribution in [0.15, 0.2) is 48.5 Å². The molecule has 0 aromatic heterocycles. The van der Waals surface area contributed by atoms with Crippen molar-refractivity contribution >= 4 is 17.3 Å². The van der Waals surface area contributed by atoms with Crippen molar-refractivity contribution in [2.24, 2.45) is 5.92 Å². The third-order valence-corrected chi connectivity index (χ3v) is 5.73. The van der Waals surface area contributed by atoms with Gasteiger partial charge in [0.05, 0.1) is 19.1 Å². The number of hydrogen-bond donors (Lipinski definition) is 1. The number of ether oxygens (including phenoxy) is 1. The van der Waals surface area contributed by atoms with Gasteiger partial charge in [-0.2, -0.15) is 0 Å². The van der Waals surface area contributed by atoms with Crippen molar-refractivity contribution in [2.45, 2.75) is 19.4 Å². The Labute approximate surface area is 160 Å². The van der Waals surface area contributed by atoms with Crippen molar-refractivity contribution in [1.29, 1.82) is 0 Å². The summed E-state index contributed by atoms with van der Waals surface area (Å²) in [5.41, 5.74) is 3.72. The van der Waals surface area contributed by atoms with Gasteiger partial charge < -0.3 is 19.9 Å². The van der Waals surface area contributed by atoms with Crippen LogP contribution in [-0.2, 0) is 11.2 Å². The van der Waals surface area contributed by atoms with Gasteiger partial charge in [0.1, 0.15) is 5.75 Å². The molecule has 142 valence electrons. The topological polar surface area (TPSA) is 44.8 Å². The monoisotopic (exact) mass is 365 g/mol. The van der Waals surface area contributed by atoms with Gasteiger partial charge >= 0.3 is 0 Å². The predicted molar refractivity (Wildman–Crippen MR) is 109 cm³/mol. The molecule has 2 aliphatic rings. The van der Waals surface area contributed by atoms with Gasteiger partial charge in [-0.1, -0.05) is 24.3 Å². The molecule has 5 heteroatoms. The fourth-order valence-electron chi connectivity index (χ4n) is 4.40. The van der Waals surface area contributed by atoms with Crippen LogP contribution >= 0.6 is 0 Å². The van der Waals surface area contributed by atoms with E-state index < -0.39 is 0 Å². The van der Waals surface area contributed by atoms with Crippen LogP contribution in [0.25, 0.3) is 0 Å². The number of rotatable bonds is 4. The molecular weight excluding hydrogens is 338 g/mol. The first kappa shape index (κ1) is 17.7. The number of carbonyl (C=O) groups is 1. The lowest BCUT2D eigenvalue weighted by Crippen LogP contribution is -2.61. The molecule has 0 bridgehead atoms. The normalized spacial score (nSPS) is 21.3. The lowest BCUT2D eigenvalue weighted by Gasteiger charge is -2.49. The van der Waals surface area contributed by atoms with E-state index in [1.807, 2.05) is 19.1 Å². The molecule has 4 rings (SSSR count). The van der Waals surface area contributed by atoms with Crippen LogP contribution in [0.5, 0.6) is 5.75 Å². The van der Waals surface area contributed by atoms with E-state index >= 15 is 0 Å². The van der Waals surface area contributed by atoms with Crippen LogP contribution in [0.2, 0.25) is 0 Å². The third-order valence-electron chi connectivity index (χ3n) is 5.73. The van der Waals surface area contributed by atoms with Crippen LogP contribution in [0.3, 0.4) is 0 Å². The summed E-state index contributed by atoms with van der Waals surface area (Å²) in [6, 6.07) is 16.9. The molecule has 0 radical (unpaired) electrons. The minimum absolute atomic E-state index is 0.0340. The summed E-state index contributed by atoms with van der Waals surface area (Å²) in [6.45, 7) is 5.33. The lowest BCUT2D eigenvalue weighted by atomic mass is 9.83. The summed E-state index contributed by atoms with van der Waals surface area (Å²) < 4.78 is 5.39. The smallest absolute Gasteiger partial charge is 0.225 e. The zero-order valence-electron chi connectivity index (χ0n) is 16.0. The Balaban J connectivity index is 1.64. The van der Waals surface area contributed by atoms with Gasteiger partial charge in [-0.05, 0) is 37.1 Å². The summed E-state index contributed by atoms with van der Waals surface area (Å²) in [5, 5.41) is 3.05. The molecule has 0 spiro atoms. The largest absolute Gasteiger partial charge is 0.497 e. The number of amides is 1. The standard InChI is InChI=1S/C22H27N3O2/c1-3-23-22(26)19-13-16-7-4-5-10-20(16)25-12-11-24(15-21(19)25)17-8-6-9-18(14-17)27-2/h4-10,14,19,21H,3,11-13,15H2,1-2H3,(H,23,26)/t19-,21+/m1/s1. The average molecular weight is 365 g/mol. The van der Waals surface area contributed by atoms with Crippen molar-refractivity contribution in [3.8, 4) is 5.75 Å². The van der Waals surface area contributed by atoms with Gasteiger partial charge in [0, 0.05) is 43.6 Å². The Hall–Kier alpha value is -2.69. The first-order chi connectivity index (χ1) is 13.2. The second-order valence-corrected chi connectivity index (χ2v) is 7.24. The number of anilines is 2. The van der Waals surface area contributed by atoms with Crippen molar-refractivity contribution in [1.82, 2.24) is 5.32 Å². The molecule has 2 aliphatic heterocycles. The summed E-state index contributed by atoms with van der Waals surface area (Å²) in [6.07, 6.45) is 0.801. The van der Waals surface area contributed by atoms with Crippen molar-refractivity contribution in [2.75, 3.05) is 43.1 Å². The number of piperazine rings is 1. The second-order valence-electron chi connectivity index (χ2n) is 7.24. The molecule has 1 amide bonds.